The number of aliphatic hydroxyl groups excluding tert-OH is 1. The minimum absolute atomic E-state index is 0.404. The predicted octanol–water partition coefficient (Wildman–Crippen LogP) is 1.17. The lowest BCUT2D eigenvalue weighted by molar-refractivity contribution is 0.143. The maximum absolute atomic E-state index is 9.73. The second-order valence-corrected chi connectivity index (χ2v) is 3.45. The number of aliphatic hydroxyl groups is 1. The first-order valence-electron chi connectivity index (χ1n) is 4.23. The van der Waals surface area contributed by atoms with Crippen molar-refractivity contribution in [3.05, 3.63) is 24.3 Å². The van der Waals surface area contributed by atoms with Crippen LogP contribution in [0.15, 0.2) is 18.6 Å². The van der Waals surface area contributed by atoms with E-state index in [9.17, 15) is 5.11 Å². The smallest absolute Gasteiger partial charge is 0.101 e. The van der Waals surface area contributed by atoms with Gasteiger partial charge in [0.1, 0.15) is 6.10 Å². The quantitative estimate of drug-likeness (QED) is 0.713. The van der Waals surface area contributed by atoms with E-state index < -0.39 is 6.10 Å². The Labute approximate surface area is 71.5 Å². The van der Waals surface area contributed by atoms with Gasteiger partial charge < -0.3 is 5.11 Å². The fourth-order valence-corrected chi connectivity index (χ4v) is 1.47. The zero-order valence-corrected chi connectivity index (χ0v) is 7.01. The van der Waals surface area contributed by atoms with Gasteiger partial charge >= 0.3 is 0 Å². The highest BCUT2D eigenvalue weighted by atomic mass is 16.3. The number of aromatic nitrogens is 2. The molecule has 2 rings (SSSR count). The van der Waals surface area contributed by atoms with E-state index in [2.05, 4.69) is 16.9 Å². The van der Waals surface area contributed by atoms with Gasteiger partial charge in [0.25, 0.3) is 0 Å². The summed E-state index contributed by atoms with van der Waals surface area (Å²) in [4.78, 5) is 7.98. The Morgan fingerprint density at radius 3 is 2.83 bits per heavy atom. The van der Waals surface area contributed by atoms with Gasteiger partial charge in [0, 0.05) is 12.4 Å². The normalized spacial score (nSPS) is 29.8. The Morgan fingerprint density at radius 2 is 2.33 bits per heavy atom. The molecule has 0 radical (unpaired) electrons. The third kappa shape index (κ3) is 1.32. The van der Waals surface area contributed by atoms with Crippen LogP contribution < -0.4 is 0 Å². The van der Waals surface area contributed by atoms with Gasteiger partial charge in [0.05, 0.1) is 11.9 Å². The molecule has 64 valence electrons. The first kappa shape index (κ1) is 7.68. The van der Waals surface area contributed by atoms with Crippen LogP contribution >= 0.6 is 0 Å². The van der Waals surface area contributed by atoms with Crippen molar-refractivity contribution in [2.75, 3.05) is 0 Å². The lowest BCUT2D eigenvalue weighted by Gasteiger charge is -2.06. The van der Waals surface area contributed by atoms with E-state index in [4.69, 9.17) is 0 Å². The van der Waals surface area contributed by atoms with E-state index in [0.717, 1.165) is 6.42 Å². The van der Waals surface area contributed by atoms with Gasteiger partial charge in [0.2, 0.25) is 0 Å². The molecule has 1 aromatic heterocycles. The van der Waals surface area contributed by atoms with Gasteiger partial charge in [-0.25, -0.2) is 0 Å². The Bertz CT molecular complexity index is 262. The van der Waals surface area contributed by atoms with Crippen LogP contribution in [-0.2, 0) is 0 Å². The first-order chi connectivity index (χ1) is 5.79. The van der Waals surface area contributed by atoms with Crippen molar-refractivity contribution >= 4 is 0 Å². The molecule has 12 heavy (non-hydrogen) atoms. The summed E-state index contributed by atoms with van der Waals surface area (Å²) in [6.45, 7) is 2.14. The summed E-state index contributed by atoms with van der Waals surface area (Å²) in [5.74, 6) is 1.05. The van der Waals surface area contributed by atoms with Crippen LogP contribution in [-0.4, -0.2) is 15.1 Å². The minimum atomic E-state index is -0.409. The molecule has 1 N–H and O–H groups in total. The first-order valence-corrected chi connectivity index (χ1v) is 4.23. The second kappa shape index (κ2) is 2.83. The van der Waals surface area contributed by atoms with Crippen LogP contribution in [0.25, 0.3) is 0 Å². The van der Waals surface area contributed by atoms with Crippen molar-refractivity contribution in [3.63, 3.8) is 0 Å². The summed E-state index contributed by atoms with van der Waals surface area (Å²) in [6.07, 6.45) is 5.57. The molecule has 0 spiro atoms. The average molecular weight is 164 g/mol. The lowest BCUT2D eigenvalue weighted by atomic mass is 10.1. The van der Waals surface area contributed by atoms with Crippen molar-refractivity contribution < 1.29 is 5.11 Å². The molecule has 1 fully saturated rings. The number of nitrogens with zero attached hydrogens (tertiary/aromatic N) is 2. The van der Waals surface area contributed by atoms with Crippen molar-refractivity contribution in [2.45, 2.75) is 19.4 Å². The van der Waals surface area contributed by atoms with Crippen molar-refractivity contribution in [1.29, 1.82) is 0 Å². The summed E-state index contributed by atoms with van der Waals surface area (Å²) in [5, 5.41) is 9.73. The second-order valence-electron chi connectivity index (χ2n) is 3.45. The van der Waals surface area contributed by atoms with E-state index in [0.29, 0.717) is 17.5 Å². The van der Waals surface area contributed by atoms with Crippen LogP contribution in [0.3, 0.4) is 0 Å². The molecule has 1 heterocycles. The Hall–Kier alpha value is -0.960. The van der Waals surface area contributed by atoms with Gasteiger partial charge in [-0.3, -0.25) is 9.97 Å². The molecule has 0 amide bonds. The van der Waals surface area contributed by atoms with Gasteiger partial charge in [-0.1, -0.05) is 6.92 Å². The maximum Gasteiger partial charge on any atom is 0.101 e. The molecule has 0 aromatic carbocycles. The monoisotopic (exact) mass is 164 g/mol. The third-order valence-electron chi connectivity index (χ3n) is 2.46. The summed E-state index contributed by atoms with van der Waals surface area (Å²) in [5.41, 5.74) is 0.701. The van der Waals surface area contributed by atoms with E-state index in [1.54, 1.807) is 18.6 Å². The third-order valence-corrected chi connectivity index (χ3v) is 2.46. The zero-order chi connectivity index (χ0) is 8.55. The molecule has 1 aliphatic rings. The zero-order valence-electron chi connectivity index (χ0n) is 7.01. The summed E-state index contributed by atoms with van der Waals surface area (Å²) in [6, 6.07) is 0. The molecule has 3 atom stereocenters. The Morgan fingerprint density at radius 1 is 1.58 bits per heavy atom. The van der Waals surface area contributed by atoms with Crippen molar-refractivity contribution in [3.8, 4) is 0 Å². The SMILES string of the molecule is CC1CC1C(O)c1cnccn1. The summed E-state index contributed by atoms with van der Waals surface area (Å²) >= 11 is 0. The van der Waals surface area contributed by atoms with Crippen molar-refractivity contribution in [2.24, 2.45) is 11.8 Å². The molecule has 1 aliphatic carbocycles. The lowest BCUT2D eigenvalue weighted by Crippen LogP contribution is -2.03. The van der Waals surface area contributed by atoms with E-state index in [1.807, 2.05) is 0 Å². The van der Waals surface area contributed by atoms with Gasteiger partial charge in [0.15, 0.2) is 0 Å². The topological polar surface area (TPSA) is 46.0 Å². The van der Waals surface area contributed by atoms with Crippen LogP contribution in [0.1, 0.15) is 25.1 Å². The highest BCUT2D eigenvalue weighted by molar-refractivity contribution is 5.05. The van der Waals surface area contributed by atoms with E-state index in [-0.39, 0.29) is 0 Å². The standard InChI is InChI=1S/C9H12N2O/c1-6-4-7(6)9(12)8-5-10-2-3-11-8/h2-3,5-7,9,12H,4H2,1H3. The molecule has 0 bridgehead atoms. The minimum Gasteiger partial charge on any atom is -0.386 e. The highest BCUT2D eigenvalue weighted by Gasteiger charge is 2.39. The number of rotatable bonds is 2. The predicted molar refractivity (Wildman–Crippen MR) is 44.3 cm³/mol. The van der Waals surface area contributed by atoms with Crippen LogP contribution in [0.5, 0.6) is 0 Å². The average Bonchev–Trinajstić information content (AvgIpc) is 2.83. The summed E-state index contributed by atoms with van der Waals surface area (Å²) < 4.78 is 0. The number of hydrogen-bond acceptors (Lipinski definition) is 3. The van der Waals surface area contributed by atoms with Gasteiger partial charge in [-0.15, -0.1) is 0 Å². The molecule has 0 saturated heterocycles. The fourth-order valence-electron chi connectivity index (χ4n) is 1.47. The van der Waals surface area contributed by atoms with Gasteiger partial charge in [-0.05, 0) is 18.3 Å². The molecule has 3 unspecified atom stereocenters. The van der Waals surface area contributed by atoms with E-state index in [1.165, 1.54) is 0 Å². The fraction of sp³-hybridized carbons (Fsp3) is 0.556. The molecular weight excluding hydrogens is 152 g/mol. The molecule has 0 aliphatic heterocycles. The molecule has 3 nitrogen and oxygen atoms in total. The Balaban J connectivity index is 2.10. The van der Waals surface area contributed by atoms with Crippen LogP contribution in [0.2, 0.25) is 0 Å². The van der Waals surface area contributed by atoms with Gasteiger partial charge in [-0.2, -0.15) is 0 Å². The molecule has 1 saturated carbocycles. The number of hydrogen-bond donors (Lipinski definition) is 1. The van der Waals surface area contributed by atoms with E-state index >= 15 is 0 Å². The maximum atomic E-state index is 9.73. The highest BCUT2D eigenvalue weighted by Crippen LogP contribution is 2.46. The summed E-state index contributed by atoms with van der Waals surface area (Å²) in [7, 11) is 0. The van der Waals surface area contributed by atoms with Crippen LogP contribution in [0, 0.1) is 11.8 Å². The molecule has 3 heteroatoms. The molecular formula is C9H12N2O. The largest absolute Gasteiger partial charge is 0.386 e. The van der Waals surface area contributed by atoms with Crippen LogP contribution in [0.4, 0.5) is 0 Å². The molecule has 1 aromatic rings. The van der Waals surface area contributed by atoms with Crippen molar-refractivity contribution in [1.82, 2.24) is 9.97 Å². The Kier molecular flexibility index (Phi) is 1.81.